The lowest BCUT2D eigenvalue weighted by Gasteiger charge is -2.58. The van der Waals surface area contributed by atoms with Gasteiger partial charge < -0.3 is 0 Å². The Morgan fingerprint density at radius 2 is 1.69 bits per heavy atom. The van der Waals surface area contributed by atoms with Gasteiger partial charge in [0.15, 0.2) is 0 Å². The molecule has 162 valence electrons. The van der Waals surface area contributed by atoms with Crippen molar-refractivity contribution in [2.45, 2.75) is 92.9 Å². The van der Waals surface area contributed by atoms with Crippen LogP contribution in [-0.2, 0) is 4.79 Å². The van der Waals surface area contributed by atoms with E-state index in [4.69, 9.17) is 0 Å². The molecule has 1 nitrogen and oxygen atoms in total. The summed E-state index contributed by atoms with van der Waals surface area (Å²) < 4.78 is 0. The van der Waals surface area contributed by atoms with Crippen LogP contribution in [0.25, 0.3) is 0 Å². The molecule has 0 heterocycles. The number of hydrogen-bond donors (Lipinski definition) is 0. The van der Waals surface area contributed by atoms with E-state index in [1.165, 1.54) is 44.9 Å². The largest absolute Gasteiger partial charge is 0.299 e. The average molecular weight is 397 g/mol. The van der Waals surface area contributed by atoms with Crippen molar-refractivity contribution >= 4 is 5.78 Å². The summed E-state index contributed by atoms with van der Waals surface area (Å²) in [6.07, 6.45) is 15.4. The molecule has 5 fully saturated rings. The van der Waals surface area contributed by atoms with E-state index in [9.17, 15) is 4.79 Å². The molecule has 0 saturated heterocycles. The van der Waals surface area contributed by atoms with Crippen molar-refractivity contribution in [3.63, 3.8) is 0 Å². The fraction of sp³-hybridized carbons (Fsp3) is 0.893. The second kappa shape index (κ2) is 6.46. The highest BCUT2D eigenvalue weighted by atomic mass is 16.1. The van der Waals surface area contributed by atoms with Crippen LogP contribution in [0.5, 0.6) is 0 Å². The van der Waals surface area contributed by atoms with Gasteiger partial charge in [-0.2, -0.15) is 0 Å². The van der Waals surface area contributed by atoms with E-state index in [0.717, 1.165) is 36.0 Å². The first-order valence-corrected chi connectivity index (χ1v) is 12.9. The molecule has 0 radical (unpaired) electrons. The Labute approximate surface area is 179 Å². The summed E-state index contributed by atoms with van der Waals surface area (Å²) in [5.74, 6) is 6.63. The molecule has 5 saturated carbocycles. The van der Waals surface area contributed by atoms with E-state index in [1.807, 2.05) is 0 Å². The fourth-order valence-corrected chi connectivity index (χ4v) is 9.62. The SMILES string of the molecule is CC(C)[C@@H](C)C=C[C@@H](C)[C@H]1CC[C@H]2[C@@H]3CC(=O)[C@]45C[C@@H]4CC[C@]5(C)[C@H]3CC[C@]12C. The van der Waals surface area contributed by atoms with Crippen LogP contribution in [0.2, 0.25) is 0 Å². The number of carbonyl (C=O) groups excluding carboxylic acids is 1. The maximum absolute atomic E-state index is 13.4. The second-order valence-corrected chi connectivity index (χ2v) is 12.9. The molecule has 29 heavy (non-hydrogen) atoms. The van der Waals surface area contributed by atoms with Gasteiger partial charge in [0.2, 0.25) is 0 Å². The Morgan fingerprint density at radius 3 is 2.38 bits per heavy atom. The monoisotopic (exact) mass is 396 g/mol. The van der Waals surface area contributed by atoms with Crippen LogP contribution in [0, 0.1) is 63.6 Å². The highest BCUT2D eigenvalue weighted by Crippen LogP contribution is 2.80. The molecule has 0 aromatic carbocycles. The van der Waals surface area contributed by atoms with Gasteiger partial charge in [-0.15, -0.1) is 0 Å². The van der Waals surface area contributed by atoms with E-state index in [-0.39, 0.29) is 5.41 Å². The Hall–Kier alpha value is -0.590. The summed E-state index contributed by atoms with van der Waals surface area (Å²) in [6.45, 7) is 14.6. The summed E-state index contributed by atoms with van der Waals surface area (Å²) in [6, 6.07) is 0. The lowest BCUT2D eigenvalue weighted by molar-refractivity contribution is -0.151. The van der Waals surface area contributed by atoms with Crippen LogP contribution in [0.15, 0.2) is 12.2 Å². The molecule has 5 aliphatic rings. The average Bonchev–Trinajstić information content (AvgIpc) is 3.20. The third-order valence-electron chi connectivity index (χ3n) is 11.8. The van der Waals surface area contributed by atoms with Crippen molar-refractivity contribution in [2.75, 3.05) is 0 Å². The van der Waals surface area contributed by atoms with Crippen molar-refractivity contribution in [3.05, 3.63) is 12.2 Å². The zero-order chi connectivity index (χ0) is 20.8. The minimum Gasteiger partial charge on any atom is -0.299 e. The molecule has 5 aliphatic carbocycles. The number of fused-ring (bicyclic) bond motifs is 4. The maximum atomic E-state index is 13.4. The molecule has 0 N–H and O–H groups in total. The van der Waals surface area contributed by atoms with Crippen LogP contribution in [0.3, 0.4) is 0 Å². The van der Waals surface area contributed by atoms with Gasteiger partial charge in [-0.05, 0) is 103 Å². The number of allylic oxidation sites excluding steroid dienone is 2. The van der Waals surface area contributed by atoms with Crippen molar-refractivity contribution in [1.82, 2.24) is 0 Å². The van der Waals surface area contributed by atoms with E-state index >= 15 is 0 Å². The molecule has 0 amide bonds. The summed E-state index contributed by atoms with van der Waals surface area (Å²) in [4.78, 5) is 13.4. The van der Waals surface area contributed by atoms with Crippen molar-refractivity contribution in [2.24, 2.45) is 63.6 Å². The van der Waals surface area contributed by atoms with Gasteiger partial charge in [0.25, 0.3) is 0 Å². The number of ketones is 1. The molecule has 0 unspecified atom stereocenters. The second-order valence-electron chi connectivity index (χ2n) is 12.9. The fourth-order valence-electron chi connectivity index (χ4n) is 9.62. The van der Waals surface area contributed by atoms with Crippen LogP contribution in [0.4, 0.5) is 0 Å². The molecule has 0 aromatic heterocycles. The lowest BCUT2D eigenvalue weighted by atomic mass is 9.45. The first-order valence-electron chi connectivity index (χ1n) is 12.9. The quantitative estimate of drug-likeness (QED) is 0.455. The number of hydrogen-bond acceptors (Lipinski definition) is 1. The molecular weight excluding hydrogens is 352 g/mol. The van der Waals surface area contributed by atoms with Gasteiger partial charge >= 0.3 is 0 Å². The predicted octanol–water partition coefficient (Wildman–Crippen LogP) is 7.31. The van der Waals surface area contributed by atoms with E-state index in [0.29, 0.717) is 34.4 Å². The molecular formula is C28H44O. The normalized spacial score (nSPS) is 52.8. The molecule has 5 rings (SSSR count). The van der Waals surface area contributed by atoms with E-state index in [1.54, 1.807) is 0 Å². The molecule has 1 heteroatoms. The molecule has 0 aromatic rings. The summed E-state index contributed by atoms with van der Waals surface area (Å²) >= 11 is 0. The van der Waals surface area contributed by atoms with Crippen LogP contribution in [0.1, 0.15) is 92.9 Å². The van der Waals surface area contributed by atoms with E-state index in [2.05, 4.69) is 53.7 Å². The van der Waals surface area contributed by atoms with E-state index < -0.39 is 0 Å². The van der Waals surface area contributed by atoms with Crippen molar-refractivity contribution in [1.29, 1.82) is 0 Å². The molecule has 0 aliphatic heterocycles. The van der Waals surface area contributed by atoms with Crippen LogP contribution < -0.4 is 0 Å². The standard InChI is InChI=1S/C28H44O/c1-17(2)18(3)7-8-19(4)22-9-10-23-21-15-25(29)28-16-20(28)11-14-27(28,6)24(21)12-13-26(22,23)5/h7-8,17-24H,9-16H2,1-6H3/t18-,19+,20-,21-,22+,23-,24-,26+,27+,28-/m0/s1. The highest BCUT2D eigenvalue weighted by molar-refractivity contribution is 5.91. The molecule has 1 spiro atoms. The third-order valence-corrected chi connectivity index (χ3v) is 11.8. The van der Waals surface area contributed by atoms with Gasteiger partial charge in [0, 0.05) is 11.8 Å². The lowest BCUT2D eigenvalue weighted by Crippen LogP contribution is -2.55. The van der Waals surface area contributed by atoms with Gasteiger partial charge in [0.1, 0.15) is 5.78 Å². The van der Waals surface area contributed by atoms with Crippen LogP contribution in [-0.4, -0.2) is 5.78 Å². The molecule has 0 bridgehead atoms. The minimum atomic E-state index is 0.142. The van der Waals surface area contributed by atoms with Gasteiger partial charge in [0.05, 0.1) is 0 Å². The smallest absolute Gasteiger partial charge is 0.140 e. The zero-order valence-corrected chi connectivity index (χ0v) is 19.8. The minimum absolute atomic E-state index is 0.142. The first-order chi connectivity index (χ1) is 13.6. The summed E-state index contributed by atoms with van der Waals surface area (Å²) in [7, 11) is 0. The maximum Gasteiger partial charge on any atom is 0.140 e. The summed E-state index contributed by atoms with van der Waals surface area (Å²) in [5.41, 5.74) is 0.937. The third kappa shape index (κ3) is 2.54. The van der Waals surface area contributed by atoms with Crippen molar-refractivity contribution in [3.8, 4) is 0 Å². The van der Waals surface area contributed by atoms with Crippen LogP contribution >= 0.6 is 0 Å². The zero-order valence-electron chi connectivity index (χ0n) is 19.8. The number of Topliss-reactive ketones (excluding diaryl/α,β-unsaturated/α-hetero) is 1. The van der Waals surface area contributed by atoms with Crippen molar-refractivity contribution < 1.29 is 4.79 Å². The first kappa shape index (κ1) is 20.3. The van der Waals surface area contributed by atoms with Gasteiger partial charge in [-0.1, -0.05) is 53.7 Å². The van der Waals surface area contributed by atoms with Gasteiger partial charge in [-0.3, -0.25) is 4.79 Å². The number of carbonyl (C=O) groups is 1. The van der Waals surface area contributed by atoms with Gasteiger partial charge in [-0.25, -0.2) is 0 Å². The topological polar surface area (TPSA) is 17.1 Å². The molecule has 10 atom stereocenters. The predicted molar refractivity (Wildman–Crippen MR) is 120 cm³/mol. The Bertz CT molecular complexity index is 720. The Kier molecular flexibility index (Phi) is 4.53. The summed E-state index contributed by atoms with van der Waals surface area (Å²) in [5, 5.41) is 0. The highest BCUT2D eigenvalue weighted by Gasteiger charge is 2.77. The Balaban J connectivity index is 1.38. The Morgan fingerprint density at radius 1 is 0.931 bits per heavy atom. The number of rotatable bonds is 4.